The van der Waals surface area contributed by atoms with Gasteiger partial charge in [-0.3, -0.25) is 4.79 Å². The summed E-state index contributed by atoms with van der Waals surface area (Å²) in [6.07, 6.45) is -4.51. The molecule has 180 valence electrons. The molecule has 0 aliphatic heterocycles. The number of sulfonamides is 1. The summed E-state index contributed by atoms with van der Waals surface area (Å²) in [5.74, 6) is -0.689. The van der Waals surface area contributed by atoms with Gasteiger partial charge in [-0.15, -0.1) is 0 Å². The Bertz CT molecular complexity index is 1250. The van der Waals surface area contributed by atoms with E-state index in [0.717, 1.165) is 28.6 Å². The lowest BCUT2D eigenvalue weighted by atomic mass is 10.2. The number of carbonyl (C=O) groups is 1. The molecule has 1 N–H and O–H groups in total. The number of amides is 1. The molecular formula is C23H20ClF3N2O4S. The van der Waals surface area contributed by atoms with E-state index in [1.807, 2.05) is 0 Å². The number of benzene rings is 3. The molecule has 6 nitrogen and oxygen atoms in total. The van der Waals surface area contributed by atoms with Gasteiger partial charge in [0.2, 0.25) is 15.9 Å². The fourth-order valence-electron chi connectivity index (χ4n) is 3.11. The molecule has 0 aliphatic carbocycles. The molecule has 11 heteroatoms. The van der Waals surface area contributed by atoms with E-state index in [9.17, 15) is 26.4 Å². The van der Waals surface area contributed by atoms with Crippen LogP contribution in [0.5, 0.6) is 5.75 Å². The Balaban J connectivity index is 1.89. The van der Waals surface area contributed by atoms with Crippen molar-refractivity contribution in [1.29, 1.82) is 0 Å². The molecule has 0 saturated heterocycles. The van der Waals surface area contributed by atoms with E-state index in [1.54, 1.807) is 30.3 Å². The van der Waals surface area contributed by atoms with Crippen molar-refractivity contribution in [3.63, 3.8) is 0 Å². The van der Waals surface area contributed by atoms with Crippen LogP contribution in [0.15, 0.2) is 77.7 Å². The molecule has 0 aliphatic rings. The Labute approximate surface area is 200 Å². The van der Waals surface area contributed by atoms with Crippen LogP contribution in [0.2, 0.25) is 5.02 Å². The van der Waals surface area contributed by atoms with Crippen molar-refractivity contribution in [3.05, 3.63) is 88.9 Å². The maximum Gasteiger partial charge on any atom is 0.416 e. The number of hydrogen-bond acceptors (Lipinski definition) is 4. The van der Waals surface area contributed by atoms with Gasteiger partial charge in [-0.2, -0.15) is 17.5 Å². The monoisotopic (exact) mass is 512 g/mol. The Morgan fingerprint density at radius 2 is 1.68 bits per heavy atom. The number of rotatable bonds is 8. The molecular weight excluding hydrogens is 493 g/mol. The van der Waals surface area contributed by atoms with Crippen LogP contribution in [0, 0.1) is 0 Å². The smallest absolute Gasteiger partial charge is 0.416 e. The van der Waals surface area contributed by atoms with Gasteiger partial charge in [-0.25, -0.2) is 8.42 Å². The lowest BCUT2D eigenvalue weighted by Crippen LogP contribution is -2.37. The van der Waals surface area contributed by atoms with Crippen LogP contribution in [0.3, 0.4) is 0 Å². The number of nitrogens with zero attached hydrogens (tertiary/aromatic N) is 1. The lowest BCUT2D eigenvalue weighted by Gasteiger charge is -2.23. The predicted octanol–water partition coefficient (Wildman–Crippen LogP) is 5.20. The normalized spacial score (nSPS) is 11.9. The number of ether oxygens (including phenoxy) is 1. The molecule has 0 saturated carbocycles. The number of carbonyl (C=O) groups excluding carboxylic acids is 1. The van der Waals surface area contributed by atoms with Crippen molar-refractivity contribution in [2.24, 2.45) is 0 Å². The Morgan fingerprint density at radius 1 is 1.03 bits per heavy atom. The van der Waals surface area contributed by atoms with Gasteiger partial charge >= 0.3 is 6.18 Å². The molecule has 0 atom stereocenters. The summed E-state index contributed by atoms with van der Waals surface area (Å²) in [7, 11) is -2.96. The van der Waals surface area contributed by atoms with Crippen LogP contribution in [-0.4, -0.2) is 32.3 Å². The van der Waals surface area contributed by atoms with E-state index >= 15 is 0 Å². The molecule has 0 heterocycles. The average molecular weight is 513 g/mol. The highest BCUT2D eigenvalue weighted by Gasteiger charge is 2.31. The van der Waals surface area contributed by atoms with E-state index in [4.69, 9.17) is 16.3 Å². The molecule has 1 amide bonds. The minimum Gasteiger partial charge on any atom is -0.495 e. The maximum atomic E-state index is 13.5. The number of halogens is 4. The van der Waals surface area contributed by atoms with Crippen LogP contribution < -0.4 is 10.1 Å². The fourth-order valence-corrected chi connectivity index (χ4v) is 4.91. The molecule has 0 spiro atoms. The van der Waals surface area contributed by atoms with Gasteiger partial charge < -0.3 is 10.1 Å². The van der Waals surface area contributed by atoms with E-state index in [1.165, 1.54) is 25.3 Å². The summed E-state index contributed by atoms with van der Waals surface area (Å²) in [5.41, 5.74) is -0.156. The summed E-state index contributed by atoms with van der Waals surface area (Å²) in [6, 6.07) is 16.5. The minimum atomic E-state index is -4.51. The molecule has 3 aromatic rings. The zero-order valence-corrected chi connectivity index (χ0v) is 19.4. The summed E-state index contributed by atoms with van der Waals surface area (Å²) < 4.78 is 71.4. The highest BCUT2D eigenvalue weighted by molar-refractivity contribution is 7.89. The SMILES string of the molecule is COc1ccc(Cl)cc1S(=O)(=O)N(CC(=O)Nc1ccc(C(F)(F)F)cc1)Cc1ccccc1. The summed E-state index contributed by atoms with van der Waals surface area (Å²) in [6.45, 7) is -0.743. The second-order valence-electron chi connectivity index (χ2n) is 7.18. The summed E-state index contributed by atoms with van der Waals surface area (Å²) in [5, 5.41) is 2.59. The van der Waals surface area contributed by atoms with E-state index in [0.29, 0.717) is 5.56 Å². The maximum absolute atomic E-state index is 13.5. The van der Waals surface area contributed by atoms with Gasteiger partial charge in [-0.05, 0) is 48.0 Å². The van der Waals surface area contributed by atoms with Crippen LogP contribution in [-0.2, 0) is 27.5 Å². The lowest BCUT2D eigenvalue weighted by molar-refractivity contribution is -0.137. The second kappa shape index (κ2) is 10.5. The first kappa shape index (κ1) is 25.5. The molecule has 34 heavy (non-hydrogen) atoms. The molecule has 0 radical (unpaired) electrons. The standard InChI is InChI=1S/C23H20ClF3N2O4S/c1-33-20-12-9-18(24)13-21(20)34(31,32)29(14-16-5-3-2-4-6-16)15-22(30)28-19-10-7-17(8-11-19)23(25,26)27/h2-13H,14-15H2,1H3,(H,28,30). The highest BCUT2D eigenvalue weighted by atomic mass is 35.5. The third-order valence-electron chi connectivity index (χ3n) is 4.76. The Hall–Kier alpha value is -3.08. The molecule has 3 aromatic carbocycles. The number of hydrogen-bond donors (Lipinski definition) is 1. The van der Waals surface area contributed by atoms with Gasteiger partial charge in [0.1, 0.15) is 10.6 Å². The topological polar surface area (TPSA) is 75.7 Å². The van der Waals surface area contributed by atoms with Gasteiger partial charge in [0.15, 0.2) is 0 Å². The summed E-state index contributed by atoms with van der Waals surface area (Å²) in [4.78, 5) is 12.5. The Morgan fingerprint density at radius 3 is 2.26 bits per heavy atom. The van der Waals surface area contributed by atoms with Gasteiger partial charge in [-0.1, -0.05) is 41.9 Å². The molecule has 0 bridgehead atoms. The molecule has 0 unspecified atom stereocenters. The van der Waals surface area contributed by atoms with Gasteiger partial charge in [0.25, 0.3) is 0 Å². The van der Waals surface area contributed by atoms with Crippen molar-refractivity contribution in [3.8, 4) is 5.75 Å². The van der Waals surface area contributed by atoms with Crippen LogP contribution in [0.4, 0.5) is 18.9 Å². The molecule has 3 rings (SSSR count). The predicted molar refractivity (Wildman–Crippen MR) is 122 cm³/mol. The molecule has 0 aromatic heterocycles. The first-order valence-electron chi connectivity index (χ1n) is 9.85. The minimum absolute atomic E-state index is 0.0469. The average Bonchev–Trinajstić information content (AvgIpc) is 2.79. The van der Waals surface area contributed by atoms with Crippen molar-refractivity contribution in [2.45, 2.75) is 17.6 Å². The Kier molecular flexibility index (Phi) is 7.86. The number of anilines is 1. The number of nitrogens with one attached hydrogen (secondary N) is 1. The largest absolute Gasteiger partial charge is 0.495 e. The van der Waals surface area contributed by atoms with Gasteiger partial charge in [0.05, 0.1) is 19.2 Å². The van der Waals surface area contributed by atoms with Crippen molar-refractivity contribution in [1.82, 2.24) is 4.31 Å². The van der Waals surface area contributed by atoms with E-state index in [-0.39, 0.29) is 27.9 Å². The van der Waals surface area contributed by atoms with Crippen molar-refractivity contribution in [2.75, 3.05) is 19.0 Å². The first-order chi connectivity index (χ1) is 16.0. The van der Waals surface area contributed by atoms with Crippen molar-refractivity contribution >= 4 is 33.2 Å². The first-order valence-corrected chi connectivity index (χ1v) is 11.7. The van der Waals surface area contributed by atoms with E-state index in [2.05, 4.69) is 5.32 Å². The van der Waals surface area contributed by atoms with Crippen LogP contribution >= 0.6 is 11.6 Å². The quantitative estimate of drug-likeness (QED) is 0.450. The number of methoxy groups -OCH3 is 1. The highest BCUT2D eigenvalue weighted by Crippen LogP contribution is 2.31. The van der Waals surface area contributed by atoms with Crippen LogP contribution in [0.25, 0.3) is 0 Å². The third-order valence-corrected chi connectivity index (χ3v) is 6.81. The zero-order valence-electron chi connectivity index (χ0n) is 17.8. The molecule has 0 fully saturated rings. The second-order valence-corrected chi connectivity index (χ2v) is 9.52. The number of alkyl halides is 3. The van der Waals surface area contributed by atoms with Gasteiger partial charge in [0, 0.05) is 17.3 Å². The zero-order chi connectivity index (χ0) is 24.9. The third kappa shape index (κ3) is 6.28. The van der Waals surface area contributed by atoms with Crippen molar-refractivity contribution < 1.29 is 31.1 Å². The summed E-state index contributed by atoms with van der Waals surface area (Å²) >= 11 is 6.00. The van der Waals surface area contributed by atoms with E-state index < -0.39 is 34.2 Å². The fraction of sp³-hybridized carbons (Fsp3) is 0.174. The van der Waals surface area contributed by atoms with Crippen LogP contribution in [0.1, 0.15) is 11.1 Å².